The van der Waals surface area contributed by atoms with Crippen LogP contribution in [0.5, 0.6) is 17.2 Å². The monoisotopic (exact) mass is 451 g/mol. The first kappa shape index (κ1) is 24.9. The summed E-state index contributed by atoms with van der Waals surface area (Å²) < 4.78 is 12.1. The molecule has 0 atom stereocenters. The van der Waals surface area contributed by atoms with Crippen LogP contribution in [-0.4, -0.2) is 17.6 Å². The zero-order chi connectivity index (χ0) is 22.3. The van der Waals surface area contributed by atoms with Crippen LogP contribution in [0.15, 0.2) is 72.8 Å². The van der Waals surface area contributed by atoms with Crippen molar-refractivity contribution in [1.82, 2.24) is 4.98 Å². The van der Waals surface area contributed by atoms with Crippen LogP contribution < -0.4 is 44.1 Å². The van der Waals surface area contributed by atoms with Gasteiger partial charge in [0.2, 0.25) is 0 Å². The second kappa shape index (κ2) is 11.9. The van der Waals surface area contributed by atoms with Gasteiger partial charge in [-0.2, -0.15) is 0 Å². The number of aromatic nitrogens is 1. The molecule has 0 saturated heterocycles. The molecule has 0 saturated carbocycles. The molecule has 0 aliphatic carbocycles. The maximum atomic E-state index is 10.8. The van der Waals surface area contributed by atoms with Crippen LogP contribution in [0.3, 0.4) is 0 Å². The number of benzene rings is 3. The molecule has 0 radical (unpaired) electrons. The van der Waals surface area contributed by atoms with Crippen molar-refractivity contribution in [2.75, 3.05) is 6.61 Å². The van der Waals surface area contributed by atoms with Gasteiger partial charge in [0, 0.05) is 30.0 Å². The molecular weight excluding hydrogens is 425 g/mol. The Morgan fingerprint density at radius 2 is 1.76 bits per heavy atom. The van der Waals surface area contributed by atoms with Gasteiger partial charge in [-0.25, -0.2) is 0 Å². The number of aryl methyl sites for hydroxylation is 1. The molecule has 5 nitrogen and oxygen atoms in total. The number of ether oxygens (including phenoxy) is 2. The Morgan fingerprint density at radius 3 is 2.52 bits per heavy atom. The Bertz CT molecular complexity index is 1200. The molecule has 0 amide bonds. The van der Waals surface area contributed by atoms with Gasteiger partial charge in [-0.1, -0.05) is 37.6 Å². The molecule has 6 heteroatoms. The molecule has 0 spiro atoms. The number of hydrogen-bond acceptors (Lipinski definition) is 4. The van der Waals surface area contributed by atoms with Crippen molar-refractivity contribution in [3.05, 3.63) is 89.6 Å². The first-order valence-electron chi connectivity index (χ1n) is 10.9. The van der Waals surface area contributed by atoms with Crippen molar-refractivity contribution >= 4 is 16.9 Å². The zero-order valence-corrected chi connectivity index (χ0v) is 21.1. The summed E-state index contributed by atoms with van der Waals surface area (Å²) in [6.07, 6.45) is 2.57. The summed E-state index contributed by atoms with van der Waals surface area (Å²) >= 11 is 0. The van der Waals surface area contributed by atoms with Gasteiger partial charge in [0.15, 0.2) is 0 Å². The molecule has 0 aliphatic heterocycles. The average Bonchev–Trinajstić information content (AvgIpc) is 3.18. The SMILES string of the molecule is CCCc1cc(Oc2ccccc2)ccc1OCCc1cc2cc(CC(=O)[O-])ccc2[nH]1.[Na+]. The minimum atomic E-state index is -1.07. The molecule has 0 aliphatic rings. The van der Waals surface area contributed by atoms with E-state index in [0.29, 0.717) is 6.61 Å². The summed E-state index contributed by atoms with van der Waals surface area (Å²) in [4.78, 5) is 14.2. The first-order valence-corrected chi connectivity index (χ1v) is 10.9. The number of carboxylic acids is 1. The van der Waals surface area contributed by atoms with Gasteiger partial charge in [0.05, 0.1) is 6.61 Å². The summed E-state index contributed by atoms with van der Waals surface area (Å²) in [5.41, 5.74) is 3.90. The molecule has 0 bridgehead atoms. The van der Waals surface area contributed by atoms with E-state index in [2.05, 4.69) is 11.9 Å². The van der Waals surface area contributed by atoms with Crippen LogP contribution in [0.2, 0.25) is 0 Å². The van der Waals surface area contributed by atoms with E-state index in [1.54, 1.807) is 0 Å². The number of para-hydroxylation sites is 1. The first-order chi connectivity index (χ1) is 15.6. The van der Waals surface area contributed by atoms with Crippen molar-refractivity contribution in [3.8, 4) is 17.2 Å². The topological polar surface area (TPSA) is 74.4 Å². The van der Waals surface area contributed by atoms with Gasteiger partial charge >= 0.3 is 29.6 Å². The largest absolute Gasteiger partial charge is 1.00 e. The Kier molecular flexibility index (Phi) is 9.01. The number of nitrogens with one attached hydrogen (secondary N) is 1. The number of rotatable bonds is 10. The molecule has 1 heterocycles. The molecule has 0 fully saturated rings. The van der Waals surface area contributed by atoms with Gasteiger partial charge in [0.25, 0.3) is 0 Å². The molecular formula is C27H26NNaO4. The molecule has 0 unspecified atom stereocenters. The van der Waals surface area contributed by atoms with Gasteiger partial charge in [-0.15, -0.1) is 0 Å². The van der Waals surface area contributed by atoms with E-state index in [9.17, 15) is 9.90 Å². The third kappa shape index (κ3) is 6.87. The van der Waals surface area contributed by atoms with E-state index in [4.69, 9.17) is 9.47 Å². The van der Waals surface area contributed by atoms with E-state index in [1.165, 1.54) is 0 Å². The predicted molar refractivity (Wildman–Crippen MR) is 123 cm³/mol. The third-order valence-electron chi connectivity index (χ3n) is 5.25. The molecule has 4 rings (SSSR count). The fraction of sp³-hybridized carbons (Fsp3) is 0.222. The fourth-order valence-corrected chi connectivity index (χ4v) is 3.77. The quantitative estimate of drug-likeness (QED) is 0.374. The predicted octanol–water partition coefficient (Wildman–Crippen LogP) is 1.83. The normalized spacial score (nSPS) is 10.6. The number of aliphatic carboxylic acids is 1. The second-order valence-electron chi connectivity index (χ2n) is 7.80. The van der Waals surface area contributed by atoms with E-state index >= 15 is 0 Å². The molecule has 3 aromatic carbocycles. The molecule has 4 aromatic rings. The van der Waals surface area contributed by atoms with Gasteiger partial charge in [-0.3, -0.25) is 0 Å². The third-order valence-corrected chi connectivity index (χ3v) is 5.25. The molecule has 33 heavy (non-hydrogen) atoms. The summed E-state index contributed by atoms with van der Waals surface area (Å²) in [5.74, 6) is 1.41. The number of carboxylic acid groups (broad SMARTS) is 1. The van der Waals surface area contributed by atoms with Crippen LogP contribution >= 0.6 is 0 Å². The van der Waals surface area contributed by atoms with Gasteiger partial charge < -0.3 is 24.4 Å². The summed E-state index contributed by atoms with van der Waals surface area (Å²) in [6, 6.07) is 23.3. The van der Waals surface area contributed by atoms with Gasteiger partial charge in [-0.05, 0) is 71.5 Å². The number of carbonyl (C=O) groups excluding carboxylic acids is 1. The minimum absolute atomic E-state index is 0. The maximum absolute atomic E-state index is 10.8. The van der Waals surface area contributed by atoms with Crippen LogP contribution in [0.25, 0.3) is 10.9 Å². The van der Waals surface area contributed by atoms with Crippen molar-refractivity contribution in [1.29, 1.82) is 0 Å². The summed E-state index contributed by atoms with van der Waals surface area (Å²) in [6.45, 7) is 2.68. The molecule has 1 aromatic heterocycles. The Hall–Kier alpha value is -2.73. The van der Waals surface area contributed by atoms with E-state index in [1.807, 2.05) is 72.8 Å². The minimum Gasteiger partial charge on any atom is -0.550 e. The van der Waals surface area contributed by atoms with Crippen LogP contribution in [0.1, 0.15) is 30.2 Å². The number of aromatic amines is 1. The van der Waals surface area contributed by atoms with Crippen molar-refractivity contribution in [3.63, 3.8) is 0 Å². The number of hydrogen-bond donors (Lipinski definition) is 1. The Morgan fingerprint density at radius 1 is 0.939 bits per heavy atom. The fourth-order valence-electron chi connectivity index (χ4n) is 3.77. The maximum Gasteiger partial charge on any atom is 1.00 e. The van der Waals surface area contributed by atoms with E-state index in [0.717, 1.165) is 64.2 Å². The average molecular weight is 451 g/mol. The van der Waals surface area contributed by atoms with Crippen LogP contribution in [0.4, 0.5) is 0 Å². The number of carbonyl (C=O) groups is 1. The van der Waals surface area contributed by atoms with E-state index in [-0.39, 0.29) is 36.0 Å². The van der Waals surface area contributed by atoms with Crippen LogP contribution in [-0.2, 0) is 24.1 Å². The summed E-state index contributed by atoms with van der Waals surface area (Å²) in [5, 5.41) is 11.8. The zero-order valence-electron chi connectivity index (χ0n) is 19.1. The summed E-state index contributed by atoms with van der Waals surface area (Å²) in [7, 11) is 0. The van der Waals surface area contributed by atoms with Crippen molar-refractivity contribution < 1.29 is 48.9 Å². The molecule has 164 valence electrons. The second-order valence-corrected chi connectivity index (χ2v) is 7.80. The van der Waals surface area contributed by atoms with Crippen LogP contribution in [0, 0.1) is 0 Å². The Labute approximate surface area is 216 Å². The molecule has 1 N–H and O–H groups in total. The standard InChI is InChI=1S/C27H27NO4.Na/c1-2-6-20-18-24(32-23-7-4-3-5-8-23)10-12-26(20)31-14-13-22-17-21-15-19(16-27(29)30)9-11-25(21)28-22;/h3-5,7-12,15,17-18,28H,2,6,13-14,16H2,1H3,(H,29,30);/q;+1/p-1. The Balaban J connectivity index is 0.00000306. The van der Waals surface area contributed by atoms with Crippen molar-refractivity contribution in [2.24, 2.45) is 0 Å². The number of fused-ring (bicyclic) bond motifs is 1. The van der Waals surface area contributed by atoms with E-state index < -0.39 is 5.97 Å². The number of H-pyrrole nitrogens is 1. The van der Waals surface area contributed by atoms with Crippen molar-refractivity contribution in [2.45, 2.75) is 32.6 Å². The smallest absolute Gasteiger partial charge is 0.550 e. The van der Waals surface area contributed by atoms with Gasteiger partial charge in [0.1, 0.15) is 17.2 Å².